The Bertz CT molecular complexity index is 1330. The molecule has 0 aliphatic carbocycles. The number of rotatable bonds is 6. The summed E-state index contributed by atoms with van der Waals surface area (Å²) in [4.78, 5) is 14.2. The second-order valence-electron chi connectivity index (χ2n) is 10.8. The number of aromatic nitrogens is 1. The first kappa shape index (κ1) is 25.1. The summed E-state index contributed by atoms with van der Waals surface area (Å²) < 4.78 is 6.40. The maximum atomic E-state index is 9.52. The molecular formula is C30H36N6O2. The van der Waals surface area contributed by atoms with E-state index in [4.69, 9.17) is 4.74 Å². The smallest absolute Gasteiger partial charge is 0.101 e. The number of pyridine rings is 1. The van der Waals surface area contributed by atoms with Gasteiger partial charge in [0.15, 0.2) is 0 Å². The van der Waals surface area contributed by atoms with Crippen molar-refractivity contribution in [2.75, 3.05) is 68.8 Å². The molecule has 4 heterocycles. The maximum absolute atomic E-state index is 9.52. The summed E-state index contributed by atoms with van der Waals surface area (Å²) in [5, 5.41) is 19.8. The zero-order chi connectivity index (χ0) is 26.1. The van der Waals surface area contributed by atoms with E-state index in [-0.39, 0.29) is 18.8 Å². The number of ether oxygens (including phenoxy) is 1. The monoisotopic (exact) mass is 512 g/mol. The van der Waals surface area contributed by atoms with E-state index in [1.165, 1.54) is 16.8 Å². The predicted octanol–water partition coefficient (Wildman–Crippen LogP) is 2.83. The minimum absolute atomic E-state index is 0.130. The molecule has 2 aromatic carbocycles. The SMILES string of the molecule is CC1CN(c2ccc(C#N)c3ncccc23)CC(CN2CCN(c3ccc4c(c3)CN(CCO)C4)CC2)O1. The van der Waals surface area contributed by atoms with Crippen molar-refractivity contribution >= 4 is 22.3 Å². The number of aliphatic hydroxyl groups excluding tert-OH is 1. The molecule has 8 heteroatoms. The van der Waals surface area contributed by atoms with Crippen LogP contribution in [0.4, 0.5) is 11.4 Å². The number of hydrogen-bond acceptors (Lipinski definition) is 8. The molecule has 1 N–H and O–H groups in total. The minimum atomic E-state index is 0.130. The number of piperazine rings is 1. The van der Waals surface area contributed by atoms with Gasteiger partial charge in [0.2, 0.25) is 0 Å². The Morgan fingerprint density at radius 2 is 1.84 bits per heavy atom. The van der Waals surface area contributed by atoms with E-state index in [2.05, 4.69) is 67.9 Å². The Balaban J connectivity index is 1.08. The van der Waals surface area contributed by atoms with E-state index < -0.39 is 0 Å². The van der Waals surface area contributed by atoms with Crippen molar-refractivity contribution in [2.24, 2.45) is 0 Å². The van der Waals surface area contributed by atoms with Gasteiger partial charge in [0.1, 0.15) is 6.07 Å². The summed E-state index contributed by atoms with van der Waals surface area (Å²) >= 11 is 0. The van der Waals surface area contributed by atoms with Crippen LogP contribution < -0.4 is 9.80 Å². The van der Waals surface area contributed by atoms with Crippen LogP contribution in [0.5, 0.6) is 0 Å². The Hall–Kier alpha value is -3.22. The zero-order valence-electron chi connectivity index (χ0n) is 22.1. The summed E-state index contributed by atoms with van der Waals surface area (Å²) in [5.41, 5.74) is 6.61. The van der Waals surface area contributed by atoms with Crippen molar-refractivity contribution in [3.63, 3.8) is 0 Å². The molecular weight excluding hydrogens is 476 g/mol. The lowest BCUT2D eigenvalue weighted by atomic mass is 10.1. The van der Waals surface area contributed by atoms with Crippen molar-refractivity contribution < 1.29 is 9.84 Å². The molecule has 0 spiro atoms. The Kier molecular flexibility index (Phi) is 7.18. The maximum Gasteiger partial charge on any atom is 0.101 e. The van der Waals surface area contributed by atoms with E-state index in [0.717, 1.165) is 82.0 Å². The second kappa shape index (κ2) is 10.9. The topological polar surface area (TPSA) is 79.1 Å². The van der Waals surface area contributed by atoms with Crippen molar-refractivity contribution in [1.29, 1.82) is 5.26 Å². The number of nitrogens with zero attached hydrogens (tertiary/aromatic N) is 6. The number of morpholine rings is 1. The van der Waals surface area contributed by atoms with Crippen LogP contribution in [0.1, 0.15) is 23.6 Å². The van der Waals surface area contributed by atoms with Gasteiger partial charge in [-0.2, -0.15) is 5.26 Å². The highest BCUT2D eigenvalue weighted by molar-refractivity contribution is 5.95. The molecule has 0 saturated carbocycles. The van der Waals surface area contributed by atoms with Crippen LogP contribution >= 0.6 is 0 Å². The number of fused-ring (bicyclic) bond motifs is 2. The molecule has 1 aromatic heterocycles. The Morgan fingerprint density at radius 3 is 2.66 bits per heavy atom. The second-order valence-corrected chi connectivity index (χ2v) is 10.8. The molecule has 6 rings (SSSR count). The first-order valence-corrected chi connectivity index (χ1v) is 13.7. The summed E-state index contributed by atoms with van der Waals surface area (Å²) in [6.07, 6.45) is 2.02. The molecule has 3 aliphatic rings. The molecule has 3 aliphatic heterocycles. The minimum Gasteiger partial charge on any atom is -0.395 e. The molecule has 8 nitrogen and oxygen atoms in total. The van der Waals surface area contributed by atoms with E-state index in [1.54, 1.807) is 6.20 Å². The lowest BCUT2D eigenvalue weighted by Gasteiger charge is -2.42. The van der Waals surface area contributed by atoms with E-state index in [1.807, 2.05) is 12.1 Å². The lowest BCUT2D eigenvalue weighted by Crippen LogP contribution is -2.54. The lowest BCUT2D eigenvalue weighted by molar-refractivity contribution is -0.0327. The largest absolute Gasteiger partial charge is 0.395 e. The third-order valence-electron chi connectivity index (χ3n) is 8.13. The standard InChI is InChI=1S/C30H36N6O2/c1-22-17-36(29-7-5-23(16-31)30-28(29)3-2-8-32-30)21-27(38-22)20-33-9-11-35(12-10-33)26-6-4-24-18-34(13-14-37)19-25(24)15-26/h2-8,15,22,27,37H,9-14,17-21H2,1H3. The third-order valence-corrected chi connectivity index (χ3v) is 8.13. The van der Waals surface area contributed by atoms with Gasteiger partial charge >= 0.3 is 0 Å². The van der Waals surface area contributed by atoms with Crippen LogP contribution in [0.25, 0.3) is 10.9 Å². The fourth-order valence-corrected chi connectivity index (χ4v) is 6.29. The van der Waals surface area contributed by atoms with Gasteiger partial charge in [0, 0.05) is 88.4 Å². The van der Waals surface area contributed by atoms with Gasteiger partial charge in [-0.3, -0.25) is 14.8 Å². The van der Waals surface area contributed by atoms with Crippen molar-refractivity contribution in [3.05, 3.63) is 65.4 Å². The molecule has 38 heavy (non-hydrogen) atoms. The average Bonchev–Trinajstić information content (AvgIpc) is 3.34. The van der Waals surface area contributed by atoms with Gasteiger partial charge in [-0.05, 0) is 54.4 Å². The molecule has 2 fully saturated rings. The van der Waals surface area contributed by atoms with Gasteiger partial charge in [-0.1, -0.05) is 6.07 Å². The predicted molar refractivity (Wildman–Crippen MR) is 149 cm³/mol. The Morgan fingerprint density at radius 1 is 1.00 bits per heavy atom. The molecule has 0 amide bonds. The van der Waals surface area contributed by atoms with Gasteiger partial charge in [0.25, 0.3) is 0 Å². The molecule has 2 atom stereocenters. The highest BCUT2D eigenvalue weighted by atomic mass is 16.5. The van der Waals surface area contributed by atoms with Gasteiger partial charge in [-0.25, -0.2) is 0 Å². The number of anilines is 2. The van der Waals surface area contributed by atoms with E-state index in [0.29, 0.717) is 5.56 Å². The zero-order valence-corrected chi connectivity index (χ0v) is 22.1. The summed E-state index contributed by atoms with van der Waals surface area (Å²) in [6, 6.07) is 17.1. The summed E-state index contributed by atoms with van der Waals surface area (Å²) in [6.45, 7) is 11.6. The highest BCUT2D eigenvalue weighted by Crippen LogP contribution is 2.31. The number of nitriles is 1. The quantitative estimate of drug-likeness (QED) is 0.540. The molecule has 0 bridgehead atoms. The van der Waals surface area contributed by atoms with E-state index >= 15 is 0 Å². The van der Waals surface area contributed by atoms with Crippen LogP contribution in [0, 0.1) is 11.3 Å². The van der Waals surface area contributed by atoms with E-state index in [9.17, 15) is 10.4 Å². The van der Waals surface area contributed by atoms with Crippen molar-refractivity contribution in [1.82, 2.24) is 14.8 Å². The molecule has 2 unspecified atom stereocenters. The molecule has 2 saturated heterocycles. The van der Waals surface area contributed by atoms with Crippen molar-refractivity contribution in [3.8, 4) is 6.07 Å². The van der Waals surface area contributed by atoms with Crippen LogP contribution in [0.3, 0.4) is 0 Å². The van der Waals surface area contributed by atoms with Gasteiger partial charge in [0.05, 0.1) is 29.9 Å². The molecule has 198 valence electrons. The van der Waals surface area contributed by atoms with Crippen LogP contribution in [-0.2, 0) is 17.8 Å². The number of aliphatic hydroxyl groups is 1. The number of β-amino-alcohol motifs (C(OH)–C–C–N with tert-alkyl or cyclic N) is 1. The highest BCUT2D eigenvalue weighted by Gasteiger charge is 2.30. The first-order chi connectivity index (χ1) is 18.6. The van der Waals surface area contributed by atoms with Gasteiger partial charge in [-0.15, -0.1) is 0 Å². The first-order valence-electron chi connectivity index (χ1n) is 13.7. The van der Waals surface area contributed by atoms with Crippen LogP contribution in [0.15, 0.2) is 48.7 Å². The number of hydrogen-bond donors (Lipinski definition) is 1. The number of benzene rings is 2. The third kappa shape index (κ3) is 5.07. The Labute approximate surface area is 224 Å². The average molecular weight is 513 g/mol. The normalized spacial score (nSPS) is 22.6. The van der Waals surface area contributed by atoms with Crippen LogP contribution in [0.2, 0.25) is 0 Å². The van der Waals surface area contributed by atoms with Crippen molar-refractivity contribution in [2.45, 2.75) is 32.2 Å². The fourth-order valence-electron chi connectivity index (χ4n) is 6.29. The molecule has 3 aromatic rings. The van der Waals surface area contributed by atoms with Gasteiger partial charge < -0.3 is 19.6 Å². The summed E-state index contributed by atoms with van der Waals surface area (Å²) in [7, 11) is 0. The fraction of sp³-hybridized carbons (Fsp3) is 0.467. The summed E-state index contributed by atoms with van der Waals surface area (Å²) in [5.74, 6) is 0. The van der Waals surface area contributed by atoms with Crippen LogP contribution in [-0.4, -0.2) is 91.1 Å². The molecule has 0 radical (unpaired) electrons.